The van der Waals surface area contributed by atoms with Crippen molar-refractivity contribution < 1.29 is 18.7 Å². The Hall–Kier alpha value is -2.96. The Morgan fingerprint density at radius 2 is 2.00 bits per heavy atom. The van der Waals surface area contributed by atoms with E-state index in [1.54, 1.807) is 37.3 Å². The Morgan fingerprint density at radius 3 is 2.68 bits per heavy atom. The van der Waals surface area contributed by atoms with Gasteiger partial charge in [-0.3, -0.25) is 4.79 Å². The predicted octanol–water partition coefficient (Wildman–Crippen LogP) is 2.29. The number of carbonyl (C=O) groups excluding carboxylic acids is 2. The number of carbonyl (C=O) groups is 2. The van der Waals surface area contributed by atoms with Crippen molar-refractivity contribution in [2.45, 2.75) is 19.4 Å². The third kappa shape index (κ3) is 5.27. The minimum atomic E-state index is -0.695. The molecule has 7 heteroatoms. The van der Waals surface area contributed by atoms with Gasteiger partial charge in [0.1, 0.15) is 6.61 Å². The van der Waals surface area contributed by atoms with Crippen molar-refractivity contribution >= 4 is 12.0 Å². The molecule has 1 atom stereocenters. The Kier molecular flexibility index (Phi) is 6.45. The number of hydrogen-bond donors (Lipinski definition) is 2. The number of aromatic nitrogens is 1. The number of nitrogens with one attached hydrogen (secondary N) is 2. The number of hydrogen-bond acceptors (Lipinski definition) is 4. The summed E-state index contributed by atoms with van der Waals surface area (Å²) in [4.78, 5) is 27.5. The third-order valence-electron chi connectivity index (χ3n) is 3.61. The summed E-state index contributed by atoms with van der Waals surface area (Å²) < 4.78 is 18.7. The highest BCUT2D eigenvalue weighted by atomic mass is 19.1. The Labute approximate surface area is 145 Å². The van der Waals surface area contributed by atoms with Crippen LogP contribution in [0, 0.1) is 12.9 Å². The summed E-state index contributed by atoms with van der Waals surface area (Å²) in [5.74, 6) is -1.68. The molecule has 0 radical (unpaired) electrons. The molecule has 1 heterocycles. The van der Waals surface area contributed by atoms with E-state index in [0.717, 1.165) is 5.56 Å². The average molecular weight is 345 g/mol. The quantitative estimate of drug-likeness (QED) is 0.787. The highest BCUT2D eigenvalue weighted by Crippen LogP contribution is 2.17. The molecule has 0 saturated heterocycles. The normalized spacial score (nSPS) is 11.5. The highest BCUT2D eigenvalue weighted by Gasteiger charge is 2.22. The van der Waals surface area contributed by atoms with E-state index in [0.29, 0.717) is 11.1 Å². The van der Waals surface area contributed by atoms with E-state index in [-0.39, 0.29) is 19.1 Å². The zero-order valence-electron chi connectivity index (χ0n) is 14.1. The molecule has 1 aromatic heterocycles. The molecule has 0 aliphatic carbocycles. The van der Waals surface area contributed by atoms with Crippen LogP contribution >= 0.6 is 0 Å². The maximum Gasteiger partial charge on any atom is 0.406 e. The summed E-state index contributed by atoms with van der Waals surface area (Å²) in [7, 11) is 1.44. The van der Waals surface area contributed by atoms with Crippen LogP contribution in [0.2, 0.25) is 0 Å². The second-order valence-corrected chi connectivity index (χ2v) is 5.49. The van der Waals surface area contributed by atoms with Gasteiger partial charge in [0.25, 0.3) is 0 Å². The van der Waals surface area contributed by atoms with E-state index in [9.17, 15) is 14.0 Å². The predicted molar refractivity (Wildman–Crippen MR) is 90.4 cm³/mol. The minimum absolute atomic E-state index is 0.00263. The van der Waals surface area contributed by atoms with Crippen LogP contribution in [0.25, 0.3) is 0 Å². The van der Waals surface area contributed by atoms with Crippen LogP contribution in [-0.4, -0.2) is 30.6 Å². The number of alkyl carbamates (subject to hydrolysis) is 1. The number of benzene rings is 1. The van der Waals surface area contributed by atoms with E-state index in [1.807, 2.05) is 6.07 Å². The van der Waals surface area contributed by atoms with Crippen LogP contribution in [-0.2, 0) is 16.1 Å². The highest BCUT2D eigenvalue weighted by molar-refractivity contribution is 5.84. The molecule has 0 aliphatic heterocycles. The molecule has 0 spiro atoms. The maximum absolute atomic E-state index is 13.7. The summed E-state index contributed by atoms with van der Waals surface area (Å²) in [6, 6.07) is 10.6. The fourth-order valence-corrected chi connectivity index (χ4v) is 2.28. The van der Waals surface area contributed by atoms with Gasteiger partial charge in [-0.1, -0.05) is 30.3 Å². The van der Waals surface area contributed by atoms with Gasteiger partial charge >= 0.3 is 6.09 Å². The van der Waals surface area contributed by atoms with Crippen LogP contribution in [0.15, 0.2) is 42.6 Å². The molecular formula is C18H20FN3O3. The number of amides is 2. The monoisotopic (exact) mass is 345 g/mol. The molecule has 0 bridgehead atoms. The Balaban J connectivity index is 2.09. The van der Waals surface area contributed by atoms with Gasteiger partial charge < -0.3 is 15.4 Å². The van der Waals surface area contributed by atoms with E-state index in [1.165, 1.54) is 13.2 Å². The second-order valence-electron chi connectivity index (χ2n) is 5.49. The van der Waals surface area contributed by atoms with E-state index >= 15 is 0 Å². The Morgan fingerprint density at radius 1 is 1.28 bits per heavy atom. The lowest BCUT2D eigenvalue weighted by Crippen LogP contribution is -2.33. The van der Waals surface area contributed by atoms with Gasteiger partial charge in [0.05, 0.1) is 5.92 Å². The van der Waals surface area contributed by atoms with Crippen LogP contribution in [0.3, 0.4) is 0 Å². The summed E-state index contributed by atoms with van der Waals surface area (Å²) >= 11 is 0. The summed E-state index contributed by atoms with van der Waals surface area (Å²) in [5, 5.41) is 5.01. The molecule has 25 heavy (non-hydrogen) atoms. The first-order chi connectivity index (χ1) is 12.0. The molecule has 2 N–H and O–H groups in total. The maximum atomic E-state index is 13.7. The van der Waals surface area contributed by atoms with Crippen LogP contribution in [0.4, 0.5) is 9.18 Å². The SMILES string of the molecule is CNC(=O)OCC(C(=O)NCc1cc(C)cnc1F)c1ccccc1. The molecular weight excluding hydrogens is 325 g/mol. The van der Waals surface area contributed by atoms with Crippen LogP contribution in [0.5, 0.6) is 0 Å². The minimum Gasteiger partial charge on any atom is -0.448 e. The molecule has 1 aromatic carbocycles. The van der Waals surface area contributed by atoms with Gasteiger partial charge in [-0.2, -0.15) is 4.39 Å². The van der Waals surface area contributed by atoms with Crippen molar-refractivity contribution in [2.24, 2.45) is 0 Å². The molecule has 0 fully saturated rings. The van der Waals surface area contributed by atoms with Crippen molar-refractivity contribution in [3.8, 4) is 0 Å². The van der Waals surface area contributed by atoms with Gasteiger partial charge in [0.15, 0.2) is 0 Å². The fourth-order valence-electron chi connectivity index (χ4n) is 2.28. The summed E-state index contributed by atoms with van der Waals surface area (Å²) in [5.41, 5.74) is 1.80. The van der Waals surface area contributed by atoms with Gasteiger partial charge in [0.2, 0.25) is 11.9 Å². The van der Waals surface area contributed by atoms with E-state index in [2.05, 4.69) is 15.6 Å². The van der Waals surface area contributed by atoms with E-state index < -0.39 is 18.0 Å². The smallest absolute Gasteiger partial charge is 0.406 e. The first-order valence-corrected chi connectivity index (χ1v) is 7.79. The molecule has 1 unspecified atom stereocenters. The van der Waals surface area contributed by atoms with Crippen LogP contribution in [0.1, 0.15) is 22.6 Å². The summed E-state index contributed by atoms with van der Waals surface area (Å²) in [6.07, 6.45) is 0.799. The van der Waals surface area contributed by atoms with Crippen molar-refractivity contribution in [3.63, 3.8) is 0 Å². The first-order valence-electron chi connectivity index (χ1n) is 7.79. The Bertz CT molecular complexity index is 738. The number of rotatable bonds is 6. The third-order valence-corrected chi connectivity index (χ3v) is 3.61. The lowest BCUT2D eigenvalue weighted by molar-refractivity contribution is -0.123. The average Bonchev–Trinajstić information content (AvgIpc) is 2.63. The lowest BCUT2D eigenvalue weighted by atomic mass is 9.99. The number of ether oxygens (including phenoxy) is 1. The van der Waals surface area contributed by atoms with Crippen molar-refractivity contribution in [3.05, 3.63) is 65.2 Å². The van der Waals surface area contributed by atoms with Gasteiger partial charge in [0, 0.05) is 25.4 Å². The zero-order chi connectivity index (χ0) is 18.2. The van der Waals surface area contributed by atoms with Gasteiger partial charge in [-0.25, -0.2) is 9.78 Å². The van der Waals surface area contributed by atoms with E-state index in [4.69, 9.17) is 4.74 Å². The standard InChI is InChI=1S/C18H20FN3O3/c1-12-8-14(16(19)21-9-12)10-22-17(23)15(11-25-18(24)20-2)13-6-4-3-5-7-13/h3-9,15H,10-11H2,1-2H3,(H,20,24)(H,22,23). The molecule has 2 amide bonds. The number of halogens is 1. The zero-order valence-corrected chi connectivity index (χ0v) is 14.1. The number of nitrogens with zero attached hydrogens (tertiary/aromatic N) is 1. The largest absolute Gasteiger partial charge is 0.448 e. The van der Waals surface area contributed by atoms with Crippen molar-refractivity contribution in [1.82, 2.24) is 15.6 Å². The topological polar surface area (TPSA) is 80.3 Å². The van der Waals surface area contributed by atoms with Crippen LogP contribution < -0.4 is 10.6 Å². The van der Waals surface area contributed by atoms with Crippen molar-refractivity contribution in [2.75, 3.05) is 13.7 Å². The van der Waals surface area contributed by atoms with Gasteiger partial charge in [-0.05, 0) is 24.1 Å². The molecule has 0 saturated carbocycles. The van der Waals surface area contributed by atoms with Crippen molar-refractivity contribution in [1.29, 1.82) is 0 Å². The fraction of sp³-hybridized carbons (Fsp3) is 0.278. The summed E-state index contributed by atoms with van der Waals surface area (Å²) in [6.45, 7) is 1.68. The second kappa shape index (κ2) is 8.77. The molecule has 2 rings (SSSR count). The van der Waals surface area contributed by atoms with Gasteiger partial charge in [-0.15, -0.1) is 0 Å². The molecule has 6 nitrogen and oxygen atoms in total. The molecule has 0 aliphatic rings. The molecule has 2 aromatic rings. The lowest BCUT2D eigenvalue weighted by Gasteiger charge is -2.17. The number of aryl methyl sites for hydroxylation is 1. The number of pyridine rings is 1. The first kappa shape index (κ1) is 18.4. The molecule has 132 valence electrons.